The Morgan fingerprint density at radius 3 is 2.76 bits per heavy atom. The lowest BCUT2D eigenvalue weighted by atomic mass is 9.78. The van der Waals surface area contributed by atoms with Gasteiger partial charge in [0.05, 0.1) is 12.6 Å². The molecule has 4 heterocycles. The fourth-order valence-electron chi connectivity index (χ4n) is 5.12. The number of carbonyl (C=O) groups is 2. The van der Waals surface area contributed by atoms with Crippen molar-refractivity contribution in [3.63, 3.8) is 0 Å². The van der Waals surface area contributed by atoms with Crippen LogP contribution in [-0.4, -0.2) is 67.7 Å². The largest absolute Gasteiger partial charge is 0.381 e. The molecule has 4 rings (SSSR count). The van der Waals surface area contributed by atoms with E-state index in [-0.39, 0.29) is 41.2 Å². The van der Waals surface area contributed by atoms with E-state index in [1.54, 1.807) is 13.1 Å². The normalized spacial score (nSPS) is 27.1. The van der Waals surface area contributed by atoms with Gasteiger partial charge in [0.25, 0.3) is 5.56 Å². The number of nitrogens with one attached hydrogen (secondary N) is 2. The van der Waals surface area contributed by atoms with Crippen LogP contribution in [0.5, 0.6) is 0 Å². The van der Waals surface area contributed by atoms with E-state index in [0.717, 1.165) is 38.0 Å². The Kier molecular flexibility index (Phi) is 6.01. The molecule has 8 heteroatoms. The first-order valence-corrected chi connectivity index (χ1v) is 10.6. The molecule has 1 aromatic heterocycles. The second-order valence-electron chi connectivity index (χ2n) is 8.42. The zero-order chi connectivity index (χ0) is 20.4. The standard InChI is InChI=1S/C21H30N4O4/c1-22-19(26)13-24-11-15-9-16(12-24)18(25-17(15)3-2-4-20(25)27)10-23-21(28)14-5-7-29-8-6-14/h2-4,14-16,18H,5-13H2,1H3,(H,22,26)(H,23,28)/t15-,16+,18+/m1/s1. The Morgan fingerprint density at radius 1 is 1.21 bits per heavy atom. The van der Waals surface area contributed by atoms with Crippen molar-refractivity contribution in [2.24, 2.45) is 11.8 Å². The molecule has 2 N–H and O–H groups in total. The van der Waals surface area contributed by atoms with Crippen molar-refractivity contribution < 1.29 is 14.3 Å². The van der Waals surface area contributed by atoms with Crippen LogP contribution in [0, 0.1) is 11.8 Å². The minimum Gasteiger partial charge on any atom is -0.381 e. The summed E-state index contributed by atoms with van der Waals surface area (Å²) in [7, 11) is 1.65. The van der Waals surface area contributed by atoms with Crippen molar-refractivity contribution >= 4 is 11.8 Å². The molecule has 0 radical (unpaired) electrons. The minimum atomic E-state index is -0.0915. The van der Waals surface area contributed by atoms with Gasteiger partial charge >= 0.3 is 0 Å². The molecule has 0 saturated carbocycles. The predicted octanol–water partition coefficient (Wildman–Crippen LogP) is 0.0973. The number of ether oxygens (including phenoxy) is 1. The van der Waals surface area contributed by atoms with Crippen LogP contribution in [-0.2, 0) is 14.3 Å². The summed E-state index contributed by atoms with van der Waals surface area (Å²) in [5.74, 6) is 0.498. The number of pyridine rings is 1. The molecule has 158 valence electrons. The highest BCUT2D eigenvalue weighted by Gasteiger charge is 2.41. The van der Waals surface area contributed by atoms with Crippen molar-refractivity contribution in [3.05, 3.63) is 34.2 Å². The van der Waals surface area contributed by atoms with Crippen LogP contribution < -0.4 is 16.2 Å². The number of fused-ring (bicyclic) bond motifs is 4. The van der Waals surface area contributed by atoms with E-state index < -0.39 is 0 Å². The molecule has 0 aliphatic carbocycles. The van der Waals surface area contributed by atoms with Crippen LogP contribution in [0.4, 0.5) is 0 Å². The topological polar surface area (TPSA) is 92.7 Å². The first-order chi connectivity index (χ1) is 14.1. The van der Waals surface area contributed by atoms with E-state index in [1.807, 2.05) is 16.7 Å². The van der Waals surface area contributed by atoms with Crippen LogP contribution in [0.15, 0.2) is 23.0 Å². The third-order valence-corrected chi connectivity index (χ3v) is 6.60. The number of rotatable bonds is 5. The molecular weight excluding hydrogens is 372 g/mol. The van der Waals surface area contributed by atoms with E-state index in [1.165, 1.54) is 0 Å². The molecule has 2 amide bonds. The lowest BCUT2D eigenvalue weighted by molar-refractivity contribution is -0.128. The van der Waals surface area contributed by atoms with Crippen molar-refractivity contribution in [2.75, 3.05) is 46.4 Å². The summed E-state index contributed by atoms with van der Waals surface area (Å²) >= 11 is 0. The smallest absolute Gasteiger partial charge is 0.251 e. The van der Waals surface area contributed by atoms with E-state index in [2.05, 4.69) is 15.5 Å². The second kappa shape index (κ2) is 8.67. The molecule has 3 aliphatic rings. The molecule has 2 fully saturated rings. The first kappa shape index (κ1) is 20.1. The van der Waals surface area contributed by atoms with Crippen LogP contribution in [0.3, 0.4) is 0 Å². The SMILES string of the molecule is CNC(=O)CN1C[C@H]2C[C@@H](C1)[C@H](CNC(=O)C1CCOCC1)n1c2cccc1=O. The highest BCUT2D eigenvalue weighted by molar-refractivity contribution is 5.78. The van der Waals surface area contributed by atoms with Gasteiger partial charge in [0, 0.05) is 63.5 Å². The van der Waals surface area contributed by atoms with E-state index in [4.69, 9.17) is 4.74 Å². The number of hydrogen-bond acceptors (Lipinski definition) is 5. The fourth-order valence-corrected chi connectivity index (χ4v) is 5.12. The van der Waals surface area contributed by atoms with Gasteiger partial charge in [0.1, 0.15) is 0 Å². The Morgan fingerprint density at radius 2 is 2.00 bits per heavy atom. The summed E-state index contributed by atoms with van der Waals surface area (Å²) in [5, 5.41) is 5.80. The Balaban J connectivity index is 1.53. The minimum absolute atomic E-state index is 0.000189. The van der Waals surface area contributed by atoms with Gasteiger partial charge < -0.3 is 19.9 Å². The van der Waals surface area contributed by atoms with Gasteiger partial charge in [-0.2, -0.15) is 0 Å². The number of carbonyl (C=O) groups excluding carboxylic acids is 2. The predicted molar refractivity (Wildman–Crippen MR) is 108 cm³/mol. The van der Waals surface area contributed by atoms with Crippen LogP contribution in [0.25, 0.3) is 0 Å². The first-order valence-electron chi connectivity index (χ1n) is 10.6. The van der Waals surface area contributed by atoms with Gasteiger partial charge in [-0.15, -0.1) is 0 Å². The molecule has 2 bridgehead atoms. The van der Waals surface area contributed by atoms with Crippen molar-refractivity contribution in [2.45, 2.75) is 31.2 Å². The third kappa shape index (κ3) is 4.23. The highest BCUT2D eigenvalue weighted by Crippen LogP contribution is 2.40. The molecule has 0 unspecified atom stereocenters. The van der Waals surface area contributed by atoms with Crippen LogP contribution in [0.1, 0.15) is 36.9 Å². The van der Waals surface area contributed by atoms with Gasteiger partial charge in [-0.25, -0.2) is 0 Å². The third-order valence-electron chi connectivity index (χ3n) is 6.60. The molecule has 29 heavy (non-hydrogen) atoms. The number of amides is 2. The summed E-state index contributed by atoms with van der Waals surface area (Å²) in [6.45, 7) is 3.59. The number of likely N-dealkylation sites (tertiary alicyclic amines) is 1. The monoisotopic (exact) mass is 402 g/mol. The zero-order valence-corrected chi connectivity index (χ0v) is 16.9. The lowest BCUT2D eigenvalue weighted by Gasteiger charge is -2.47. The molecule has 8 nitrogen and oxygen atoms in total. The molecule has 3 aliphatic heterocycles. The average molecular weight is 402 g/mol. The quantitative estimate of drug-likeness (QED) is 0.729. The number of nitrogens with zero attached hydrogens (tertiary/aromatic N) is 2. The van der Waals surface area contributed by atoms with E-state index in [9.17, 15) is 14.4 Å². The molecular formula is C21H30N4O4. The lowest BCUT2D eigenvalue weighted by Crippen LogP contribution is -2.53. The highest BCUT2D eigenvalue weighted by atomic mass is 16.5. The van der Waals surface area contributed by atoms with Gasteiger partial charge in [-0.3, -0.25) is 19.3 Å². The fraction of sp³-hybridized carbons (Fsp3) is 0.667. The number of aromatic nitrogens is 1. The van der Waals surface area contributed by atoms with Crippen LogP contribution >= 0.6 is 0 Å². The zero-order valence-electron chi connectivity index (χ0n) is 16.9. The average Bonchev–Trinajstić information content (AvgIpc) is 2.74. The Hall–Kier alpha value is -2.19. The number of piperidine rings is 1. The summed E-state index contributed by atoms with van der Waals surface area (Å²) in [6.07, 6.45) is 2.47. The number of hydrogen-bond donors (Lipinski definition) is 2. The Labute approximate surface area is 170 Å². The van der Waals surface area contributed by atoms with E-state index in [0.29, 0.717) is 26.3 Å². The second-order valence-corrected chi connectivity index (χ2v) is 8.42. The number of likely N-dealkylation sites (N-methyl/N-ethyl adjacent to an activating group) is 1. The summed E-state index contributed by atoms with van der Waals surface area (Å²) in [6, 6.07) is 5.33. The molecule has 0 spiro atoms. The molecule has 3 atom stereocenters. The summed E-state index contributed by atoms with van der Waals surface area (Å²) in [4.78, 5) is 39.4. The Bertz CT molecular complexity index is 817. The molecule has 0 aromatic carbocycles. The van der Waals surface area contributed by atoms with Gasteiger partial charge in [-0.1, -0.05) is 6.07 Å². The van der Waals surface area contributed by atoms with Crippen molar-refractivity contribution in [1.29, 1.82) is 0 Å². The molecule has 2 saturated heterocycles. The van der Waals surface area contributed by atoms with Gasteiger partial charge in [-0.05, 0) is 31.2 Å². The maximum absolute atomic E-state index is 12.7. The van der Waals surface area contributed by atoms with E-state index >= 15 is 0 Å². The van der Waals surface area contributed by atoms with Crippen molar-refractivity contribution in [1.82, 2.24) is 20.1 Å². The maximum atomic E-state index is 12.7. The van der Waals surface area contributed by atoms with Gasteiger partial charge in [0.15, 0.2) is 0 Å². The van der Waals surface area contributed by atoms with Crippen molar-refractivity contribution in [3.8, 4) is 0 Å². The molecule has 1 aromatic rings. The maximum Gasteiger partial charge on any atom is 0.251 e. The summed E-state index contributed by atoms with van der Waals surface area (Å²) in [5.41, 5.74) is 1.00. The van der Waals surface area contributed by atoms with Crippen LogP contribution in [0.2, 0.25) is 0 Å². The van der Waals surface area contributed by atoms with Gasteiger partial charge in [0.2, 0.25) is 11.8 Å². The summed E-state index contributed by atoms with van der Waals surface area (Å²) < 4.78 is 7.24.